The van der Waals surface area contributed by atoms with Gasteiger partial charge in [-0.15, -0.1) is 0 Å². The van der Waals surface area contributed by atoms with Gasteiger partial charge in [0, 0.05) is 12.6 Å². The number of amides is 2. The van der Waals surface area contributed by atoms with Crippen molar-refractivity contribution < 1.29 is 22.7 Å². The molecule has 8 nitrogen and oxygen atoms in total. The molecular formula is C32H39N3O5S. The van der Waals surface area contributed by atoms with Crippen LogP contribution in [0.15, 0.2) is 83.8 Å². The zero-order valence-electron chi connectivity index (χ0n) is 24.0. The molecule has 218 valence electrons. The smallest absolute Gasteiger partial charge is 0.264 e. The second-order valence-corrected chi connectivity index (χ2v) is 12.2. The van der Waals surface area contributed by atoms with Gasteiger partial charge < -0.3 is 15.0 Å². The highest BCUT2D eigenvalue weighted by Gasteiger charge is 2.34. The van der Waals surface area contributed by atoms with E-state index in [2.05, 4.69) is 5.32 Å². The normalized spacial score (nSPS) is 14.3. The molecule has 3 aromatic rings. The van der Waals surface area contributed by atoms with E-state index >= 15 is 0 Å². The highest BCUT2D eigenvalue weighted by molar-refractivity contribution is 7.92. The van der Waals surface area contributed by atoms with Crippen LogP contribution >= 0.6 is 0 Å². The lowest BCUT2D eigenvalue weighted by molar-refractivity contribution is -0.140. The van der Waals surface area contributed by atoms with Crippen molar-refractivity contribution >= 4 is 27.5 Å². The van der Waals surface area contributed by atoms with Gasteiger partial charge in [-0.3, -0.25) is 13.9 Å². The van der Waals surface area contributed by atoms with Gasteiger partial charge in [-0.05, 0) is 73.7 Å². The van der Waals surface area contributed by atoms with Crippen LogP contribution in [0.4, 0.5) is 5.69 Å². The van der Waals surface area contributed by atoms with Crippen molar-refractivity contribution in [2.24, 2.45) is 0 Å². The summed E-state index contributed by atoms with van der Waals surface area (Å²) in [5.74, 6) is -0.136. The number of para-hydroxylation sites is 1. The zero-order valence-corrected chi connectivity index (χ0v) is 24.8. The number of methoxy groups -OCH3 is 1. The van der Waals surface area contributed by atoms with Crippen molar-refractivity contribution in [1.82, 2.24) is 10.2 Å². The lowest BCUT2D eigenvalue weighted by Crippen LogP contribution is -2.53. The minimum absolute atomic E-state index is 0.0337. The van der Waals surface area contributed by atoms with Gasteiger partial charge in [0.25, 0.3) is 10.0 Å². The summed E-state index contributed by atoms with van der Waals surface area (Å²) in [6, 6.07) is 21.7. The lowest BCUT2D eigenvalue weighted by Gasteiger charge is -2.34. The number of anilines is 1. The van der Waals surface area contributed by atoms with E-state index < -0.39 is 28.5 Å². The van der Waals surface area contributed by atoms with Crippen LogP contribution in [-0.4, -0.2) is 50.9 Å². The summed E-state index contributed by atoms with van der Waals surface area (Å²) >= 11 is 0. The third-order valence-corrected chi connectivity index (χ3v) is 9.45. The van der Waals surface area contributed by atoms with Crippen LogP contribution in [0.25, 0.3) is 0 Å². The summed E-state index contributed by atoms with van der Waals surface area (Å²) in [6.45, 7) is 3.56. The molecule has 1 aliphatic carbocycles. The first-order valence-electron chi connectivity index (χ1n) is 14.1. The Bertz CT molecular complexity index is 1420. The maximum atomic E-state index is 14.2. The predicted molar refractivity (Wildman–Crippen MR) is 160 cm³/mol. The highest BCUT2D eigenvalue weighted by atomic mass is 32.2. The van der Waals surface area contributed by atoms with Gasteiger partial charge in [-0.25, -0.2) is 8.42 Å². The summed E-state index contributed by atoms with van der Waals surface area (Å²) in [5.41, 5.74) is 2.25. The number of nitrogens with zero attached hydrogens (tertiary/aromatic N) is 2. The number of hydrogen-bond donors (Lipinski definition) is 1. The average Bonchev–Trinajstić information content (AvgIpc) is 3.50. The molecular weight excluding hydrogens is 538 g/mol. The first kappa shape index (κ1) is 30.1. The summed E-state index contributed by atoms with van der Waals surface area (Å²) in [4.78, 5) is 29.3. The summed E-state index contributed by atoms with van der Waals surface area (Å²) in [6.07, 6.45) is 4.39. The summed E-state index contributed by atoms with van der Waals surface area (Å²) < 4.78 is 34.2. The van der Waals surface area contributed by atoms with Crippen molar-refractivity contribution in [3.05, 3.63) is 90.0 Å². The molecule has 0 radical (unpaired) electrons. The van der Waals surface area contributed by atoms with Crippen molar-refractivity contribution in [2.45, 2.75) is 69.5 Å². The number of benzene rings is 3. The first-order chi connectivity index (χ1) is 19.7. The molecule has 0 spiro atoms. The number of carbonyl (C=O) groups excluding carboxylic acids is 2. The molecule has 41 heavy (non-hydrogen) atoms. The second kappa shape index (κ2) is 13.7. The monoisotopic (exact) mass is 577 g/mol. The van der Waals surface area contributed by atoms with E-state index in [4.69, 9.17) is 4.74 Å². The Morgan fingerprint density at radius 1 is 0.951 bits per heavy atom. The predicted octanol–water partition coefficient (Wildman–Crippen LogP) is 5.07. The molecule has 0 aromatic heterocycles. The SMILES string of the molecule is CCC(C(=O)NC1CCCC1)N(Cc1ccccc1C)C(=O)CN(c1ccccc1)S(=O)(=O)c1ccc(OC)cc1. The van der Waals surface area contributed by atoms with Crippen molar-refractivity contribution in [1.29, 1.82) is 0 Å². The van der Waals surface area contributed by atoms with Crippen LogP contribution in [0.1, 0.15) is 50.2 Å². The van der Waals surface area contributed by atoms with E-state index in [1.165, 1.54) is 24.1 Å². The molecule has 0 bridgehead atoms. The topological polar surface area (TPSA) is 96.0 Å². The molecule has 1 fully saturated rings. The molecule has 0 saturated heterocycles. The summed E-state index contributed by atoms with van der Waals surface area (Å²) in [5, 5.41) is 3.14. The van der Waals surface area contributed by atoms with Crippen molar-refractivity contribution in [2.75, 3.05) is 18.0 Å². The lowest BCUT2D eigenvalue weighted by atomic mass is 10.1. The number of sulfonamides is 1. The molecule has 4 rings (SSSR count). The molecule has 0 heterocycles. The number of hydrogen-bond acceptors (Lipinski definition) is 5. The van der Waals surface area contributed by atoms with Gasteiger partial charge in [0.05, 0.1) is 17.7 Å². The molecule has 9 heteroatoms. The molecule has 1 aliphatic rings. The number of ether oxygens (including phenoxy) is 1. The van der Waals surface area contributed by atoms with E-state index in [1.54, 1.807) is 42.5 Å². The maximum Gasteiger partial charge on any atom is 0.264 e. The number of nitrogens with one attached hydrogen (secondary N) is 1. The highest BCUT2D eigenvalue weighted by Crippen LogP contribution is 2.26. The minimum atomic E-state index is -4.13. The fraction of sp³-hybridized carbons (Fsp3) is 0.375. The van der Waals surface area contributed by atoms with E-state index in [-0.39, 0.29) is 23.4 Å². The zero-order chi connectivity index (χ0) is 29.4. The Balaban J connectivity index is 1.70. The third kappa shape index (κ3) is 7.27. The van der Waals surface area contributed by atoms with Crippen molar-refractivity contribution in [3.63, 3.8) is 0 Å². The quantitative estimate of drug-likeness (QED) is 0.325. The molecule has 1 unspecified atom stereocenters. The molecule has 2 amide bonds. The van der Waals surface area contributed by atoms with Crippen LogP contribution < -0.4 is 14.4 Å². The standard InChI is InChI=1S/C32H39N3O5S/c1-4-30(32(37)33-26-14-10-11-15-26)34(22-25-13-9-8-12-24(25)2)31(36)23-35(27-16-6-5-7-17-27)41(38,39)29-20-18-28(40-3)19-21-29/h5-9,12-13,16-21,26,30H,4,10-11,14-15,22-23H2,1-3H3,(H,33,37). The Kier molecular flexibility index (Phi) is 10.0. The van der Waals surface area contributed by atoms with Gasteiger partial charge >= 0.3 is 0 Å². The van der Waals surface area contributed by atoms with Gasteiger partial charge in [-0.1, -0.05) is 62.2 Å². The first-order valence-corrected chi connectivity index (χ1v) is 15.5. The fourth-order valence-electron chi connectivity index (χ4n) is 5.26. The average molecular weight is 578 g/mol. The molecule has 1 N–H and O–H groups in total. The van der Waals surface area contributed by atoms with E-state index in [0.717, 1.165) is 41.1 Å². The van der Waals surface area contributed by atoms with Gasteiger partial charge in [0.2, 0.25) is 11.8 Å². The largest absolute Gasteiger partial charge is 0.497 e. The molecule has 1 saturated carbocycles. The van der Waals surface area contributed by atoms with Gasteiger partial charge in [-0.2, -0.15) is 0 Å². The minimum Gasteiger partial charge on any atom is -0.497 e. The fourth-order valence-corrected chi connectivity index (χ4v) is 6.67. The Labute approximate surface area is 243 Å². The van der Waals surface area contributed by atoms with E-state index in [1.807, 2.05) is 38.1 Å². The Hall–Kier alpha value is -3.85. The summed E-state index contributed by atoms with van der Waals surface area (Å²) in [7, 11) is -2.62. The molecule has 3 aromatic carbocycles. The van der Waals surface area contributed by atoms with Crippen LogP contribution in [0.3, 0.4) is 0 Å². The van der Waals surface area contributed by atoms with E-state index in [0.29, 0.717) is 17.9 Å². The Morgan fingerprint density at radius 3 is 2.20 bits per heavy atom. The van der Waals surface area contributed by atoms with Crippen LogP contribution in [0.2, 0.25) is 0 Å². The van der Waals surface area contributed by atoms with Gasteiger partial charge in [0.15, 0.2) is 0 Å². The number of carbonyl (C=O) groups is 2. The maximum absolute atomic E-state index is 14.2. The van der Waals surface area contributed by atoms with Crippen LogP contribution in [-0.2, 0) is 26.2 Å². The van der Waals surface area contributed by atoms with Crippen LogP contribution in [0.5, 0.6) is 5.75 Å². The second-order valence-electron chi connectivity index (χ2n) is 10.4. The van der Waals surface area contributed by atoms with Crippen LogP contribution in [0, 0.1) is 6.92 Å². The molecule has 1 atom stereocenters. The molecule has 0 aliphatic heterocycles. The Morgan fingerprint density at radius 2 is 1.59 bits per heavy atom. The van der Waals surface area contributed by atoms with E-state index in [9.17, 15) is 18.0 Å². The van der Waals surface area contributed by atoms with Gasteiger partial charge in [0.1, 0.15) is 18.3 Å². The third-order valence-electron chi connectivity index (χ3n) is 7.66. The number of aryl methyl sites for hydroxylation is 1. The van der Waals surface area contributed by atoms with Crippen molar-refractivity contribution in [3.8, 4) is 5.75 Å². The number of rotatable bonds is 12.